The number of hydrogen-bond acceptors (Lipinski definition) is 9. The molecule has 1 N–H and O–H groups in total. The van der Waals surface area contributed by atoms with E-state index in [-0.39, 0.29) is 26.1 Å². The summed E-state index contributed by atoms with van der Waals surface area (Å²) in [4.78, 5) is 37.4. The number of hydrogen-bond donors (Lipinski definition) is 1. The maximum Gasteiger partial charge on any atom is 0.306 e. The normalized spacial score (nSPS) is 14.9. The molecule has 0 aromatic heterocycles. The molecule has 0 heterocycles. The second kappa shape index (κ2) is 34.2. The Bertz CT molecular complexity index is 1110. The number of rotatable bonds is 35. The number of ether oxygens (including phenoxy) is 2. The fourth-order valence-electron chi connectivity index (χ4n) is 4.95. The number of likely N-dealkylation sites (N-methyl/N-ethyl adjacent to an activating group) is 1. The summed E-state index contributed by atoms with van der Waals surface area (Å²) in [6.45, 7) is 3.90. The molecule has 0 radical (unpaired) electrons. The lowest BCUT2D eigenvalue weighted by molar-refractivity contribution is -0.870. The molecule has 3 unspecified atom stereocenters. The van der Waals surface area contributed by atoms with E-state index in [1.165, 1.54) is 44.9 Å². The van der Waals surface area contributed by atoms with Crippen LogP contribution in [0.2, 0.25) is 0 Å². The quantitative estimate of drug-likeness (QED) is 0.0167. The minimum atomic E-state index is -4.66. The molecule has 0 fully saturated rings. The summed E-state index contributed by atoms with van der Waals surface area (Å²) in [7, 11) is 1.06. The first-order valence-electron chi connectivity index (χ1n) is 20.1. The zero-order valence-corrected chi connectivity index (χ0v) is 34.7. The molecule has 53 heavy (non-hydrogen) atoms. The fraction of sp³-hybridized carbons (Fsp3) is 0.714. The molecular weight excluding hydrogens is 693 g/mol. The third-order valence-electron chi connectivity index (χ3n) is 8.13. The van der Waals surface area contributed by atoms with Crippen LogP contribution in [0, 0.1) is 0 Å². The van der Waals surface area contributed by atoms with Crippen LogP contribution in [0.4, 0.5) is 0 Å². The molecule has 0 aliphatic carbocycles. The van der Waals surface area contributed by atoms with Crippen LogP contribution in [0.15, 0.2) is 60.8 Å². The molecule has 0 aromatic carbocycles. The standard InChI is InChI=1S/C42H74NO9P/c1-6-8-10-12-14-16-18-20-22-24-29-33-41(45)49-37-40(38-51-53(47,48)50-36-35-43(3,4)5)52-42(46)34-30-26-25-28-32-39(44)31-27-23-21-19-17-15-13-11-9-7-2/h9,11,15,17,21,23,25,27-28,31,39-40,44H,6-8,10,12-14,16,18-20,22,24,26,29-30,32-38H2,1-5H3/b11-9-,17-15-,23-21-,28-25-,31-27+. The Morgan fingerprint density at radius 1 is 0.717 bits per heavy atom. The summed E-state index contributed by atoms with van der Waals surface area (Å²) in [5.74, 6) is -0.977. The van der Waals surface area contributed by atoms with Gasteiger partial charge >= 0.3 is 11.9 Å². The van der Waals surface area contributed by atoms with Gasteiger partial charge < -0.3 is 33.0 Å². The van der Waals surface area contributed by atoms with Crippen LogP contribution in [-0.2, 0) is 32.7 Å². The van der Waals surface area contributed by atoms with Crippen molar-refractivity contribution in [3.8, 4) is 0 Å². The van der Waals surface area contributed by atoms with Crippen molar-refractivity contribution in [3.05, 3.63) is 60.8 Å². The summed E-state index contributed by atoms with van der Waals surface area (Å²) in [6, 6.07) is 0. The predicted octanol–water partition coefficient (Wildman–Crippen LogP) is 9.24. The molecule has 11 heteroatoms. The molecule has 0 aromatic rings. The van der Waals surface area contributed by atoms with Crippen molar-refractivity contribution in [2.45, 2.75) is 148 Å². The van der Waals surface area contributed by atoms with Crippen molar-refractivity contribution in [2.24, 2.45) is 0 Å². The van der Waals surface area contributed by atoms with Crippen molar-refractivity contribution in [3.63, 3.8) is 0 Å². The smallest absolute Gasteiger partial charge is 0.306 e. The van der Waals surface area contributed by atoms with E-state index in [0.717, 1.165) is 38.5 Å². The minimum absolute atomic E-state index is 0.0595. The van der Waals surface area contributed by atoms with Crippen LogP contribution in [0.25, 0.3) is 0 Å². The van der Waals surface area contributed by atoms with E-state index in [2.05, 4.69) is 38.2 Å². The molecule has 0 saturated carbocycles. The first-order valence-corrected chi connectivity index (χ1v) is 21.6. The minimum Gasteiger partial charge on any atom is -0.756 e. The van der Waals surface area contributed by atoms with Gasteiger partial charge in [-0.25, -0.2) is 0 Å². The third kappa shape index (κ3) is 37.8. The molecular formula is C42H74NO9P. The zero-order valence-electron chi connectivity index (χ0n) is 33.8. The highest BCUT2D eigenvalue weighted by molar-refractivity contribution is 7.45. The summed E-state index contributed by atoms with van der Waals surface area (Å²) in [6.07, 6.45) is 35.7. The van der Waals surface area contributed by atoms with Crippen LogP contribution >= 0.6 is 7.82 Å². The zero-order chi connectivity index (χ0) is 39.5. The van der Waals surface area contributed by atoms with Crippen molar-refractivity contribution in [1.29, 1.82) is 0 Å². The third-order valence-corrected chi connectivity index (χ3v) is 9.10. The molecule has 0 amide bonds. The highest BCUT2D eigenvalue weighted by Gasteiger charge is 2.21. The van der Waals surface area contributed by atoms with Crippen LogP contribution in [-0.4, -0.2) is 81.2 Å². The van der Waals surface area contributed by atoms with Gasteiger partial charge in [0.15, 0.2) is 6.10 Å². The van der Waals surface area contributed by atoms with E-state index in [0.29, 0.717) is 36.7 Å². The van der Waals surface area contributed by atoms with Crippen molar-refractivity contribution in [1.82, 2.24) is 0 Å². The molecule has 0 aliphatic heterocycles. The van der Waals surface area contributed by atoms with E-state index in [4.69, 9.17) is 18.5 Å². The number of allylic oxidation sites excluding steroid dienone is 8. The van der Waals surface area contributed by atoms with E-state index >= 15 is 0 Å². The lowest BCUT2D eigenvalue weighted by atomic mass is 10.1. The Kier molecular flexibility index (Phi) is 32.7. The largest absolute Gasteiger partial charge is 0.756 e. The number of phosphoric acid groups is 1. The lowest BCUT2D eigenvalue weighted by Crippen LogP contribution is -2.37. The van der Waals surface area contributed by atoms with Gasteiger partial charge in [0.1, 0.15) is 19.8 Å². The van der Waals surface area contributed by atoms with Gasteiger partial charge in [0.2, 0.25) is 0 Å². The fourth-order valence-corrected chi connectivity index (χ4v) is 5.68. The Morgan fingerprint density at radius 3 is 1.96 bits per heavy atom. The number of unbranched alkanes of at least 4 members (excludes halogenated alkanes) is 11. The van der Waals surface area contributed by atoms with Crippen LogP contribution < -0.4 is 4.89 Å². The first-order chi connectivity index (χ1) is 25.4. The van der Waals surface area contributed by atoms with E-state index in [9.17, 15) is 24.2 Å². The lowest BCUT2D eigenvalue weighted by Gasteiger charge is -2.28. The molecule has 0 aliphatic rings. The molecule has 0 bridgehead atoms. The number of carbonyl (C=O) groups is 2. The van der Waals surface area contributed by atoms with Crippen LogP contribution in [0.3, 0.4) is 0 Å². The topological polar surface area (TPSA) is 131 Å². The number of quaternary nitrogens is 1. The molecule has 10 nitrogen and oxygen atoms in total. The molecule has 306 valence electrons. The first kappa shape index (κ1) is 50.7. The highest BCUT2D eigenvalue weighted by atomic mass is 31.2. The monoisotopic (exact) mass is 768 g/mol. The van der Waals surface area contributed by atoms with Crippen molar-refractivity contribution in [2.75, 3.05) is 47.5 Å². The van der Waals surface area contributed by atoms with E-state index < -0.39 is 38.6 Å². The molecule has 0 rings (SSSR count). The van der Waals surface area contributed by atoms with Gasteiger partial charge in [0.25, 0.3) is 7.82 Å². The number of carbonyl (C=O) groups excluding carboxylic acids is 2. The van der Waals surface area contributed by atoms with Gasteiger partial charge in [-0.1, -0.05) is 139 Å². The summed E-state index contributed by atoms with van der Waals surface area (Å²) >= 11 is 0. The number of esters is 2. The Hall–Kier alpha value is -2.33. The van der Waals surface area contributed by atoms with Crippen LogP contribution in [0.5, 0.6) is 0 Å². The molecule has 3 atom stereocenters. The van der Waals surface area contributed by atoms with Gasteiger partial charge in [0.05, 0.1) is 33.9 Å². The van der Waals surface area contributed by atoms with Gasteiger partial charge in [-0.3, -0.25) is 14.2 Å². The average Bonchev–Trinajstić information content (AvgIpc) is 3.10. The predicted molar refractivity (Wildman–Crippen MR) is 214 cm³/mol. The maximum atomic E-state index is 12.6. The van der Waals surface area contributed by atoms with E-state index in [1.54, 1.807) is 6.08 Å². The summed E-state index contributed by atoms with van der Waals surface area (Å²) in [5.41, 5.74) is 0. The number of aliphatic hydroxyl groups is 1. The van der Waals surface area contributed by atoms with Gasteiger partial charge in [0, 0.05) is 12.8 Å². The van der Waals surface area contributed by atoms with Gasteiger partial charge in [-0.05, 0) is 44.9 Å². The number of nitrogens with zero attached hydrogens (tertiary/aromatic N) is 1. The Labute approximate surface area is 322 Å². The van der Waals surface area contributed by atoms with Crippen LogP contribution in [0.1, 0.15) is 136 Å². The van der Waals surface area contributed by atoms with Gasteiger partial charge in [-0.2, -0.15) is 0 Å². The van der Waals surface area contributed by atoms with Gasteiger partial charge in [-0.15, -0.1) is 0 Å². The van der Waals surface area contributed by atoms with Crippen molar-refractivity contribution >= 4 is 19.8 Å². The van der Waals surface area contributed by atoms with E-state index in [1.807, 2.05) is 51.5 Å². The SMILES string of the molecule is CC/C=C\C/C=C\C/C=C\C=C\C(O)C/C=C\CCCC(=O)OC(COC(=O)CCCCCCCCCCCCC)COP(=O)([O-])OCC[N+](C)(C)C. The number of phosphoric ester groups is 1. The number of aliphatic hydroxyl groups excluding tert-OH is 1. The maximum absolute atomic E-state index is 12.6. The molecule has 0 saturated heterocycles. The highest BCUT2D eigenvalue weighted by Crippen LogP contribution is 2.38. The Balaban J connectivity index is 4.62. The summed E-state index contributed by atoms with van der Waals surface area (Å²) < 4.78 is 33.6. The average molecular weight is 768 g/mol. The Morgan fingerprint density at radius 2 is 1.32 bits per heavy atom. The molecule has 0 spiro atoms. The van der Waals surface area contributed by atoms with Crippen molar-refractivity contribution < 1.29 is 47.2 Å². The second-order valence-electron chi connectivity index (χ2n) is 14.5. The summed E-state index contributed by atoms with van der Waals surface area (Å²) in [5, 5.41) is 10.2. The second-order valence-corrected chi connectivity index (χ2v) is 15.9.